The van der Waals surface area contributed by atoms with Crippen LogP contribution < -0.4 is 5.73 Å². The molecule has 2 aromatic heterocycles. The van der Waals surface area contributed by atoms with Crippen molar-refractivity contribution in [3.8, 4) is 5.75 Å². The Bertz CT molecular complexity index is 1250. The van der Waals surface area contributed by atoms with Crippen LogP contribution in [0.2, 0.25) is 0 Å². The van der Waals surface area contributed by atoms with Gasteiger partial charge in [-0.25, -0.2) is 24.3 Å². The highest BCUT2D eigenvalue weighted by atomic mass is 31.2. The molecule has 14 nitrogen and oxygen atoms in total. The molecule has 0 saturated carbocycles. The number of aromatic nitrogens is 4. The van der Waals surface area contributed by atoms with Gasteiger partial charge in [-0.15, -0.1) is 0 Å². The van der Waals surface area contributed by atoms with E-state index in [9.17, 15) is 29.6 Å². The number of hydrogen-bond donors (Lipinski definition) is 5. The summed E-state index contributed by atoms with van der Waals surface area (Å²) in [5, 5.41) is 30.5. The third-order valence-electron chi connectivity index (χ3n) is 4.97. The molecule has 1 aromatic carbocycles. The van der Waals surface area contributed by atoms with Crippen LogP contribution >= 0.6 is 7.82 Å². The third kappa shape index (κ3) is 4.53. The highest BCUT2D eigenvalue weighted by Crippen LogP contribution is 2.45. The highest BCUT2D eigenvalue weighted by Gasteiger charge is 2.45. The molecule has 15 heteroatoms. The number of fused-ring (bicyclic) bond motifs is 1. The quantitative estimate of drug-likeness (QED) is 0.294. The number of aryl methyl sites for hydroxylation is 1. The topological polar surface area (TPSA) is 212 Å². The van der Waals surface area contributed by atoms with Gasteiger partial charge in [0.25, 0.3) is 0 Å². The molecule has 0 radical (unpaired) electrons. The van der Waals surface area contributed by atoms with Crippen molar-refractivity contribution in [3.63, 3.8) is 0 Å². The van der Waals surface area contributed by atoms with E-state index in [1.165, 1.54) is 35.4 Å². The average Bonchev–Trinajstić information content (AvgIpc) is 3.30. The van der Waals surface area contributed by atoms with Crippen molar-refractivity contribution < 1.29 is 43.4 Å². The van der Waals surface area contributed by atoms with Crippen molar-refractivity contribution in [2.24, 2.45) is 0 Å². The SMILES string of the molecule is Cc1ccc(O)c(C(=O)OP(=O)(O)OC[C@@H]2O[C@@H](n3cnc4c(N)ncnc43)[C@H](O)[C@@H]2O)c1. The number of hydrogen-bond acceptors (Lipinski definition) is 12. The number of nitrogens with zero attached hydrogens (tertiary/aromatic N) is 4. The van der Waals surface area contributed by atoms with E-state index in [4.69, 9.17) is 15.0 Å². The van der Waals surface area contributed by atoms with Gasteiger partial charge in [-0.3, -0.25) is 14.0 Å². The number of carbonyl (C=O) groups is 1. The number of ether oxygens (including phenoxy) is 1. The molecule has 1 aliphatic heterocycles. The van der Waals surface area contributed by atoms with Gasteiger partial charge >= 0.3 is 13.8 Å². The molecule has 1 fully saturated rings. The van der Waals surface area contributed by atoms with Crippen LogP contribution in [-0.2, 0) is 18.3 Å². The number of aromatic hydroxyl groups is 1. The van der Waals surface area contributed by atoms with E-state index in [2.05, 4.69) is 19.5 Å². The molecule has 1 aliphatic rings. The Labute approximate surface area is 185 Å². The van der Waals surface area contributed by atoms with Crippen LogP contribution in [0.5, 0.6) is 5.75 Å². The number of anilines is 1. The summed E-state index contributed by atoms with van der Waals surface area (Å²) in [5.74, 6) is -1.62. The number of nitrogen functional groups attached to an aromatic ring is 1. The molecule has 4 rings (SSSR count). The van der Waals surface area contributed by atoms with Crippen molar-refractivity contribution >= 4 is 30.8 Å². The maximum Gasteiger partial charge on any atom is 0.529 e. The number of rotatable bonds is 6. The van der Waals surface area contributed by atoms with Crippen molar-refractivity contribution in [1.82, 2.24) is 19.5 Å². The molecule has 1 saturated heterocycles. The number of aliphatic hydroxyl groups is 2. The van der Waals surface area contributed by atoms with Crippen LogP contribution in [-0.4, -0.2) is 70.6 Å². The van der Waals surface area contributed by atoms with Gasteiger partial charge < -0.3 is 30.3 Å². The number of aliphatic hydroxyl groups excluding tert-OH is 2. The summed E-state index contributed by atoms with van der Waals surface area (Å²) in [5.41, 5.74) is 6.51. The van der Waals surface area contributed by atoms with Crippen LogP contribution in [0.4, 0.5) is 5.82 Å². The lowest BCUT2D eigenvalue weighted by molar-refractivity contribution is -0.0508. The van der Waals surface area contributed by atoms with Gasteiger partial charge in [-0.05, 0) is 19.1 Å². The summed E-state index contributed by atoms with van der Waals surface area (Å²) in [4.78, 5) is 34.0. The van der Waals surface area contributed by atoms with E-state index in [1.807, 2.05) is 0 Å². The fourth-order valence-corrected chi connectivity index (χ4v) is 4.01. The summed E-state index contributed by atoms with van der Waals surface area (Å²) < 4.78 is 28.4. The molecular weight excluding hydrogens is 461 g/mol. The first kappa shape index (κ1) is 23.0. The first-order valence-electron chi connectivity index (χ1n) is 9.53. The number of phenols is 1. The average molecular weight is 481 g/mol. The standard InChI is InChI=1S/C18H20N5O9P/c1-8-2-3-10(24)9(4-8)18(27)32-33(28,29)30-5-11-13(25)14(26)17(31-11)23-7-22-12-15(19)20-6-21-16(12)23/h2-4,6-7,11,13-14,17,24-26H,5H2,1H3,(H,28,29)(H2,19,20,21)/t11-,13+,14+,17+/m0/s1. The van der Waals surface area contributed by atoms with E-state index in [-0.39, 0.29) is 22.5 Å². The minimum atomic E-state index is -4.96. The normalized spacial score (nSPS) is 24.6. The van der Waals surface area contributed by atoms with Crippen LogP contribution in [0.3, 0.4) is 0 Å². The highest BCUT2D eigenvalue weighted by molar-refractivity contribution is 7.48. The maximum atomic E-state index is 12.2. The Hall–Kier alpha value is -3.13. The Kier molecular flexibility index (Phi) is 6.05. The lowest BCUT2D eigenvalue weighted by Gasteiger charge is -2.17. The van der Waals surface area contributed by atoms with Crippen molar-refractivity contribution in [1.29, 1.82) is 0 Å². The van der Waals surface area contributed by atoms with Gasteiger partial charge in [0.2, 0.25) is 0 Å². The summed E-state index contributed by atoms with van der Waals surface area (Å²) in [7, 11) is -4.96. The molecule has 3 aromatic rings. The van der Waals surface area contributed by atoms with Crippen molar-refractivity contribution in [2.45, 2.75) is 31.5 Å². The monoisotopic (exact) mass is 481 g/mol. The van der Waals surface area contributed by atoms with Gasteiger partial charge in [-0.1, -0.05) is 11.6 Å². The van der Waals surface area contributed by atoms with Gasteiger partial charge in [0.1, 0.15) is 41.5 Å². The molecule has 0 amide bonds. The second kappa shape index (κ2) is 8.67. The third-order valence-corrected chi connectivity index (χ3v) is 5.84. The van der Waals surface area contributed by atoms with Gasteiger partial charge in [0.15, 0.2) is 17.7 Å². The second-order valence-corrected chi connectivity index (χ2v) is 8.67. The molecule has 3 heterocycles. The van der Waals surface area contributed by atoms with Crippen LogP contribution in [0.25, 0.3) is 11.2 Å². The lowest BCUT2D eigenvalue weighted by atomic mass is 10.1. The van der Waals surface area contributed by atoms with Crippen LogP contribution in [0.1, 0.15) is 22.1 Å². The number of phosphoric acid groups is 1. The summed E-state index contributed by atoms with van der Waals surface area (Å²) in [6, 6.07) is 4.04. The predicted octanol–water partition coefficient (Wildman–Crippen LogP) is 0.0157. The van der Waals surface area contributed by atoms with Crippen molar-refractivity contribution in [3.05, 3.63) is 42.0 Å². The van der Waals surface area contributed by atoms with Gasteiger partial charge in [-0.2, -0.15) is 0 Å². The zero-order valence-electron chi connectivity index (χ0n) is 17.0. The predicted molar refractivity (Wildman–Crippen MR) is 110 cm³/mol. The Balaban J connectivity index is 1.43. The molecule has 33 heavy (non-hydrogen) atoms. The second-order valence-electron chi connectivity index (χ2n) is 7.29. The smallest absolute Gasteiger partial charge is 0.507 e. The summed E-state index contributed by atoms with van der Waals surface area (Å²) >= 11 is 0. The molecule has 176 valence electrons. The Morgan fingerprint density at radius 2 is 2.03 bits per heavy atom. The van der Waals surface area contributed by atoms with Crippen molar-refractivity contribution in [2.75, 3.05) is 12.3 Å². The molecule has 0 aliphatic carbocycles. The minimum Gasteiger partial charge on any atom is -0.507 e. The number of phosphoric ester groups is 1. The zero-order chi connectivity index (χ0) is 23.9. The number of carbonyl (C=O) groups excluding carboxylic acids is 1. The zero-order valence-corrected chi connectivity index (χ0v) is 17.9. The molecule has 6 N–H and O–H groups in total. The molecule has 1 unspecified atom stereocenters. The molecule has 5 atom stereocenters. The first-order chi connectivity index (χ1) is 15.6. The molecular formula is C18H20N5O9P. The fourth-order valence-electron chi connectivity index (χ4n) is 3.31. The number of benzene rings is 1. The van der Waals surface area contributed by atoms with Crippen LogP contribution in [0.15, 0.2) is 30.9 Å². The van der Waals surface area contributed by atoms with E-state index in [0.29, 0.717) is 5.56 Å². The Morgan fingerprint density at radius 3 is 2.79 bits per heavy atom. The van der Waals surface area contributed by atoms with E-state index in [0.717, 1.165) is 0 Å². The van der Waals surface area contributed by atoms with Gasteiger partial charge in [0.05, 0.1) is 12.9 Å². The summed E-state index contributed by atoms with van der Waals surface area (Å²) in [6.45, 7) is 0.939. The minimum absolute atomic E-state index is 0.106. The summed E-state index contributed by atoms with van der Waals surface area (Å²) in [6.07, 6.45) is -2.96. The van der Waals surface area contributed by atoms with E-state index >= 15 is 0 Å². The van der Waals surface area contributed by atoms with Gasteiger partial charge in [0, 0.05) is 0 Å². The van der Waals surface area contributed by atoms with E-state index < -0.39 is 50.7 Å². The first-order valence-corrected chi connectivity index (χ1v) is 11.0. The number of nitrogens with two attached hydrogens (primary N) is 1. The molecule has 0 spiro atoms. The lowest BCUT2D eigenvalue weighted by Crippen LogP contribution is -2.33. The molecule has 0 bridgehead atoms. The maximum absolute atomic E-state index is 12.2. The number of imidazole rings is 1. The van der Waals surface area contributed by atoms with E-state index in [1.54, 1.807) is 6.92 Å². The Morgan fingerprint density at radius 1 is 1.27 bits per heavy atom. The fraction of sp³-hybridized carbons (Fsp3) is 0.333. The largest absolute Gasteiger partial charge is 0.529 e. The number of phenolic OH excluding ortho intramolecular Hbond substituents is 1. The van der Waals surface area contributed by atoms with Crippen LogP contribution in [0, 0.1) is 6.92 Å².